The zero-order chi connectivity index (χ0) is 12.3. The molecule has 2 radical (unpaired) electrons. The van der Waals surface area contributed by atoms with Gasteiger partial charge < -0.3 is 4.57 Å². The van der Waals surface area contributed by atoms with Crippen molar-refractivity contribution in [1.29, 1.82) is 0 Å². The highest BCUT2D eigenvalue weighted by molar-refractivity contribution is 6.30. The molecule has 2 nitrogen and oxygen atoms in total. The van der Waals surface area contributed by atoms with Crippen LogP contribution in [0.4, 0.5) is 13.2 Å². The van der Waals surface area contributed by atoms with E-state index in [-0.39, 0.29) is 5.49 Å². The van der Waals surface area contributed by atoms with Crippen LogP contribution >= 0.6 is 0 Å². The van der Waals surface area contributed by atoms with Crippen molar-refractivity contribution in [2.24, 2.45) is 4.99 Å². The molecule has 1 aromatic rings. The van der Waals surface area contributed by atoms with Crippen molar-refractivity contribution >= 4 is 13.4 Å². The van der Waals surface area contributed by atoms with Crippen LogP contribution in [0.15, 0.2) is 35.5 Å². The van der Waals surface area contributed by atoms with Crippen molar-refractivity contribution in [1.82, 2.24) is 4.57 Å². The molecule has 6 heteroatoms. The molecule has 0 N–H and O–H groups in total. The highest BCUT2D eigenvalue weighted by atomic mass is 19.4. The minimum Gasteiger partial charge on any atom is -0.341 e. The van der Waals surface area contributed by atoms with E-state index in [4.69, 9.17) is 7.85 Å². The highest BCUT2D eigenvalue weighted by Crippen LogP contribution is 2.23. The number of rotatable bonds is 2. The summed E-state index contributed by atoms with van der Waals surface area (Å²) in [7, 11) is 5.61. The third-order valence-electron chi connectivity index (χ3n) is 1.99. The van der Waals surface area contributed by atoms with Gasteiger partial charge in [0.05, 0.1) is 0 Å². The standard InChI is InChI=1S/C10H10BF3N2/c1-3-16-8(11)5-4-6-9(16)15-7(2)10(12,13)14/h4-6H,2-3H2,1H3. The Morgan fingerprint density at radius 2 is 2.12 bits per heavy atom. The van der Waals surface area contributed by atoms with Crippen LogP contribution in [0.3, 0.4) is 0 Å². The summed E-state index contributed by atoms with van der Waals surface area (Å²) in [5, 5.41) is 0. The van der Waals surface area contributed by atoms with Gasteiger partial charge in [0.15, 0.2) is 0 Å². The topological polar surface area (TPSA) is 17.3 Å². The predicted molar refractivity (Wildman–Crippen MR) is 56.3 cm³/mol. The Labute approximate surface area is 92.5 Å². The third-order valence-corrected chi connectivity index (χ3v) is 1.99. The molecular formula is C10H10BF3N2. The number of aromatic nitrogens is 1. The molecule has 0 amide bonds. The monoisotopic (exact) mass is 226 g/mol. The zero-order valence-electron chi connectivity index (χ0n) is 8.75. The van der Waals surface area contributed by atoms with E-state index < -0.39 is 11.9 Å². The Morgan fingerprint density at radius 3 is 2.62 bits per heavy atom. The lowest BCUT2D eigenvalue weighted by Gasteiger charge is -2.10. The van der Waals surface area contributed by atoms with Crippen LogP contribution < -0.4 is 11.1 Å². The summed E-state index contributed by atoms with van der Waals surface area (Å²) in [5.41, 5.74) is -0.635. The number of hydrogen-bond acceptors (Lipinski definition) is 1. The lowest BCUT2D eigenvalue weighted by Crippen LogP contribution is -2.33. The van der Waals surface area contributed by atoms with Gasteiger partial charge >= 0.3 is 6.18 Å². The average Bonchev–Trinajstić information content (AvgIpc) is 2.16. The van der Waals surface area contributed by atoms with Crippen LogP contribution in [0.25, 0.3) is 0 Å². The van der Waals surface area contributed by atoms with Crippen LogP contribution in [0.5, 0.6) is 0 Å². The van der Waals surface area contributed by atoms with Crippen molar-refractivity contribution in [2.45, 2.75) is 19.6 Å². The summed E-state index contributed by atoms with van der Waals surface area (Å²) in [5.74, 6) is 0. The second-order valence-electron chi connectivity index (χ2n) is 3.11. The first-order chi connectivity index (χ1) is 7.36. The molecule has 0 aliphatic carbocycles. The molecule has 0 fully saturated rings. The maximum atomic E-state index is 12.2. The Balaban J connectivity index is 3.29. The fourth-order valence-electron chi connectivity index (χ4n) is 1.19. The Kier molecular flexibility index (Phi) is 3.62. The molecule has 0 atom stereocenters. The molecule has 0 aromatic carbocycles. The Morgan fingerprint density at radius 1 is 1.50 bits per heavy atom. The van der Waals surface area contributed by atoms with Crippen LogP contribution in [0, 0.1) is 0 Å². The second-order valence-corrected chi connectivity index (χ2v) is 3.11. The van der Waals surface area contributed by atoms with Crippen molar-refractivity contribution < 1.29 is 13.2 Å². The SMILES string of the molecule is [B]c1cccc(=NC(=C)C(F)(F)F)n1CC. The van der Waals surface area contributed by atoms with Gasteiger partial charge in [0.2, 0.25) is 0 Å². The fraction of sp³-hybridized carbons (Fsp3) is 0.300. The lowest BCUT2D eigenvalue weighted by molar-refractivity contribution is -0.0923. The number of allylic oxidation sites excluding steroid dienone is 1. The summed E-state index contributed by atoms with van der Waals surface area (Å²) in [6.45, 7) is 5.09. The van der Waals surface area contributed by atoms with Gasteiger partial charge in [-0.05, 0) is 18.6 Å². The summed E-state index contributed by atoms with van der Waals surface area (Å²) < 4.78 is 38.2. The van der Waals surface area contributed by atoms with Gasteiger partial charge in [-0.25, -0.2) is 4.99 Å². The van der Waals surface area contributed by atoms with E-state index >= 15 is 0 Å². The molecule has 1 rings (SSSR count). The van der Waals surface area contributed by atoms with E-state index in [1.54, 1.807) is 19.1 Å². The first-order valence-corrected chi connectivity index (χ1v) is 4.62. The molecule has 0 spiro atoms. The first-order valence-electron chi connectivity index (χ1n) is 4.62. The normalized spacial score (nSPS) is 12.9. The molecule has 0 unspecified atom stereocenters. The molecule has 16 heavy (non-hydrogen) atoms. The van der Waals surface area contributed by atoms with Crippen LogP contribution in [-0.2, 0) is 6.54 Å². The van der Waals surface area contributed by atoms with Gasteiger partial charge in [-0.15, -0.1) is 0 Å². The third kappa shape index (κ3) is 2.78. The predicted octanol–water partition coefficient (Wildman–Crippen LogP) is 1.28. The maximum absolute atomic E-state index is 12.2. The first kappa shape index (κ1) is 12.6. The van der Waals surface area contributed by atoms with Crippen LogP contribution in [0.1, 0.15) is 6.92 Å². The fourth-order valence-corrected chi connectivity index (χ4v) is 1.19. The maximum Gasteiger partial charge on any atom is 0.432 e. The van der Waals surface area contributed by atoms with E-state index in [1.807, 2.05) is 0 Å². The highest BCUT2D eigenvalue weighted by Gasteiger charge is 2.31. The van der Waals surface area contributed by atoms with Crippen molar-refractivity contribution in [2.75, 3.05) is 0 Å². The molecule has 0 saturated heterocycles. The van der Waals surface area contributed by atoms with E-state index in [1.165, 1.54) is 10.6 Å². The quantitative estimate of drug-likeness (QED) is 0.676. The summed E-state index contributed by atoms with van der Waals surface area (Å²) in [6, 6.07) is 4.60. The van der Waals surface area contributed by atoms with Crippen molar-refractivity contribution in [3.63, 3.8) is 0 Å². The lowest BCUT2D eigenvalue weighted by atomic mass is 10.0. The van der Waals surface area contributed by atoms with E-state index in [0.717, 1.165) is 0 Å². The number of halogens is 3. The molecule has 1 heterocycles. The minimum atomic E-state index is -4.52. The van der Waals surface area contributed by atoms with E-state index in [0.29, 0.717) is 12.1 Å². The van der Waals surface area contributed by atoms with Crippen LogP contribution in [-0.4, -0.2) is 18.6 Å². The smallest absolute Gasteiger partial charge is 0.341 e. The Bertz CT molecular complexity index is 460. The van der Waals surface area contributed by atoms with Gasteiger partial charge in [0, 0.05) is 6.54 Å². The van der Waals surface area contributed by atoms with E-state index in [2.05, 4.69) is 11.6 Å². The van der Waals surface area contributed by atoms with E-state index in [9.17, 15) is 13.2 Å². The number of pyridine rings is 1. The molecule has 84 valence electrons. The molecule has 0 bridgehead atoms. The van der Waals surface area contributed by atoms with Gasteiger partial charge in [0.1, 0.15) is 19.0 Å². The van der Waals surface area contributed by atoms with Gasteiger partial charge in [0.25, 0.3) is 0 Å². The average molecular weight is 226 g/mol. The number of hydrogen-bond donors (Lipinski definition) is 0. The van der Waals surface area contributed by atoms with Gasteiger partial charge in [-0.1, -0.05) is 18.7 Å². The van der Waals surface area contributed by atoms with Crippen molar-refractivity contribution in [3.05, 3.63) is 36.0 Å². The van der Waals surface area contributed by atoms with Gasteiger partial charge in [-0.3, -0.25) is 0 Å². The molecule has 0 saturated carbocycles. The van der Waals surface area contributed by atoms with Crippen molar-refractivity contribution in [3.8, 4) is 0 Å². The summed E-state index contributed by atoms with van der Waals surface area (Å²) in [6.07, 6.45) is -4.52. The van der Waals surface area contributed by atoms with Crippen LogP contribution in [0.2, 0.25) is 0 Å². The summed E-state index contributed by atoms with van der Waals surface area (Å²) >= 11 is 0. The second kappa shape index (κ2) is 4.59. The largest absolute Gasteiger partial charge is 0.432 e. The molecule has 1 aromatic heterocycles. The number of nitrogens with zero attached hydrogens (tertiary/aromatic N) is 2. The molecular weight excluding hydrogens is 216 g/mol. The van der Waals surface area contributed by atoms with Gasteiger partial charge in [-0.2, -0.15) is 13.2 Å². The zero-order valence-corrected chi connectivity index (χ0v) is 8.75. The number of alkyl halides is 3. The summed E-state index contributed by atoms with van der Waals surface area (Å²) in [4.78, 5) is 3.43. The molecule has 0 aliphatic rings. The minimum absolute atomic E-state index is 0.143. The Hall–Kier alpha value is -1.46. The molecule has 0 aliphatic heterocycles.